The second-order valence-electron chi connectivity index (χ2n) is 8.93. The van der Waals surface area contributed by atoms with Crippen LogP contribution < -0.4 is 5.32 Å². The van der Waals surface area contributed by atoms with Crippen LogP contribution in [-0.2, 0) is 19.1 Å². The molecule has 0 amide bonds. The molecule has 1 aliphatic heterocycles. The molecule has 0 aromatic heterocycles. The fraction of sp³-hybridized carbons (Fsp3) is 0.161. The van der Waals surface area contributed by atoms with Gasteiger partial charge in [-0.05, 0) is 41.8 Å². The number of nitrogens with one attached hydrogen (secondary N) is 1. The van der Waals surface area contributed by atoms with Crippen molar-refractivity contribution < 1.29 is 24.0 Å². The van der Waals surface area contributed by atoms with Crippen molar-refractivity contribution in [3.63, 3.8) is 0 Å². The van der Waals surface area contributed by atoms with E-state index in [0.29, 0.717) is 17.0 Å². The van der Waals surface area contributed by atoms with E-state index in [1.54, 1.807) is 32.1 Å². The Kier molecular flexibility index (Phi) is 8.36. The number of allylic oxidation sites excluding steroid dienone is 4. The van der Waals surface area contributed by atoms with Crippen LogP contribution in [0.5, 0.6) is 0 Å². The Bertz CT molecular complexity index is 1560. The number of nitro groups is 1. The summed E-state index contributed by atoms with van der Waals surface area (Å²) in [5.41, 5.74) is 2.67. The molecule has 3 aromatic rings. The Morgan fingerprint density at radius 3 is 2.38 bits per heavy atom. The first-order chi connectivity index (χ1) is 18.8. The third-order valence-corrected chi connectivity index (χ3v) is 6.46. The Morgan fingerprint density at radius 2 is 1.64 bits per heavy atom. The topological polar surface area (TPSA) is 108 Å². The fourth-order valence-corrected chi connectivity index (χ4v) is 4.69. The maximum Gasteiger partial charge on any atom is 0.337 e. The summed E-state index contributed by atoms with van der Waals surface area (Å²) in [4.78, 5) is 36.9. The number of benzene rings is 3. The van der Waals surface area contributed by atoms with Crippen molar-refractivity contribution in [2.45, 2.75) is 19.8 Å². The van der Waals surface area contributed by atoms with Crippen LogP contribution in [0.25, 0.3) is 16.8 Å². The van der Waals surface area contributed by atoms with Gasteiger partial charge in [0.05, 0.1) is 29.1 Å². The molecule has 1 unspecified atom stereocenters. The molecular weight excluding hydrogens is 496 g/mol. The summed E-state index contributed by atoms with van der Waals surface area (Å²) in [5.74, 6) is -2.19. The predicted octanol–water partition coefficient (Wildman–Crippen LogP) is 5.97. The van der Waals surface area contributed by atoms with Crippen molar-refractivity contribution in [2.24, 2.45) is 0 Å². The summed E-state index contributed by atoms with van der Waals surface area (Å²) in [6.07, 6.45) is 7.34. The van der Waals surface area contributed by atoms with Gasteiger partial charge in [0.2, 0.25) is 0 Å². The minimum Gasteiger partial charge on any atom is -0.466 e. The van der Waals surface area contributed by atoms with Gasteiger partial charge in [-0.3, -0.25) is 10.1 Å². The van der Waals surface area contributed by atoms with Crippen LogP contribution in [0, 0.1) is 10.1 Å². The van der Waals surface area contributed by atoms with Gasteiger partial charge in [0, 0.05) is 23.5 Å². The summed E-state index contributed by atoms with van der Waals surface area (Å²) in [6, 6.07) is 20.1. The average Bonchev–Trinajstić information content (AvgIpc) is 2.94. The van der Waals surface area contributed by atoms with Crippen molar-refractivity contribution in [3.05, 3.63) is 129 Å². The van der Waals surface area contributed by atoms with Crippen molar-refractivity contribution in [1.29, 1.82) is 0 Å². The zero-order chi connectivity index (χ0) is 27.9. The molecule has 0 fully saturated rings. The molecule has 39 heavy (non-hydrogen) atoms. The van der Waals surface area contributed by atoms with Crippen LogP contribution >= 0.6 is 0 Å². The van der Waals surface area contributed by atoms with Crippen LogP contribution in [0.1, 0.15) is 30.9 Å². The van der Waals surface area contributed by atoms with E-state index < -0.39 is 22.8 Å². The zero-order valence-corrected chi connectivity index (χ0v) is 21.8. The van der Waals surface area contributed by atoms with Gasteiger partial charge in [-0.15, -0.1) is 0 Å². The van der Waals surface area contributed by atoms with Gasteiger partial charge in [-0.25, -0.2) is 9.59 Å². The van der Waals surface area contributed by atoms with E-state index >= 15 is 0 Å². The first-order valence-electron chi connectivity index (χ1n) is 12.3. The molecule has 0 aliphatic carbocycles. The number of esters is 2. The summed E-state index contributed by atoms with van der Waals surface area (Å²) < 4.78 is 10.5. The van der Waals surface area contributed by atoms with Gasteiger partial charge in [-0.2, -0.15) is 0 Å². The van der Waals surface area contributed by atoms with E-state index in [4.69, 9.17) is 9.47 Å². The number of ether oxygens (including phenoxy) is 2. The number of nitro benzene ring substituents is 1. The lowest BCUT2D eigenvalue weighted by Gasteiger charge is -2.30. The fourth-order valence-electron chi connectivity index (χ4n) is 4.69. The van der Waals surface area contributed by atoms with Crippen LogP contribution in [0.3, 0.4) is 0 Å². The number of nitrogens with zero attached hydrogens (tertiary/aromatic N) is 1. The van der Waals surface area contributed by atoms with E-state index in [0.717, 1.165) is 16.3 Å². The lowest BCUT2D eigenvalue weighted by molar-refractivity contribution is -0.384. The highest BCUT2D eigenvalue weighted by Crippen LogP contribution is 2.40. The van der Waals surface area contributed by atoms with Gasteiger partial charge in [-0.1, -0.05) is 72.8 Å². The van der Waals surface area contributed by atoms with Crippen LogP contribution in [0.15, 0.2) is 107 Å². The molecule has 0 radical (unpaired) electrons. The molecule has 198 valence electrons. The maximum absolute atomic E-state index is 13.3. The Balaban J connectivity index is 1.54. The third kappa shape index (κ3) is 5.96. The normalized spacial score (nSPS) is 15.6. The Morgan fingerprint density at radius 1 is 0.949 bits per heavy atom. The maximum atomic E-state index is 13.3. The highest BCUT2D eigenvalue weighted by molar-refractivity contribution is 6.00. The molecule has 0 saturated heterocycles. The summed E-state index contributed by atoms with van der Waals surface area (Å²) in [5, 5.41) is 16.7. The molecule has 8 nitrogen and oxygen atoms in total. The number of rotatable bonds is 8. The second kappa shape index (κ2) is 12.0. The van der Waals surface area contributed by atoms with Crippen LogP contribution in [0.4, 0.5) is 5.69 Å². The Labute approximate surface area is 226 Å². The van der Waals surface area contributed by atoms with Crippen molar-refractivity contribution in [3.8, 4) is 0 Å². The molecule has 0 saturated carbocycles. The smallest absolute Gasteiger partial charge is 0.337 e. The van der Waals surface area contributed by atoms with E-state index in [9.17, 15) is 19.7 Å². The molecule has 0 bridgehead atoms. The first-order valence-corrected chi connectivity index (χ1v) is 12.3. The average molecular weight is 525 g/mol. The summed E-state index contributed by atoms with van der Waals surface area (Å²) >= 11 is 0. The molecule has 0 spiro atoms. The highest BCUT2D eigenvalue weighted by Gasteiger charge is 2.38. The standard InChI is InChI=1S/C31H28N2O6/c1-20-27(30(34)38-3)29(24-15-10-16-25(19-24)33(36)37)28(21(2)32-20)31(35)39-18-8-4-5-11-22-13-9-14-23-12-6-7-17-26(22)23/h4-17,19,29,32H,18H2,1-3H3. The molecule has 8 heteroatoms. The summed E-state index contributed by atoms with van der Waals surface area (Å²) in [7, 11) is 1.24. The molecule has 4 rings (SSSR count). The molecule has 3 aromatic carbocycles. The minimum atomic E-state index is -0.902. The molecule has 1 heterocycles. The van der Waals surface area contributed by atoms with Gasteiger partial charge in [0.15, 0.2) is 0 Å². The van der Waals surface area contributed by atoms with Gasteiger partial charge >= 0.3 is 11.9 Å². The van der Waals surface area contributed by atoms with Crippen molar-refractivity contribution in [1.82, 2.24) is 5.32 Å². The summed E-state index contributed by atoms with van der Waals surface area (Å²) in [6.45, 7) is 3.38. The first kappa shape index (κ1) is 27.1. The molecule has 1 N–H and O–H groups in total. The highest BCUT2D eigenvalue weighted by atomic mass is 16.6. The SMILES string of the molecule is COC(=O)C1=C(C)NC(C)=C(C(=O)OCC=CC=Cc2cccc3ccccc23)C1c1cccc([N+](=O)[O-])c1. The second-order valence-corrected chi connectivity index (χ2v) is 8.93. The van der Waals surface area contributed by atoms with Gasteiger partial charge < -0.3 is 14.8 Å². The molecular formula is C31H28N2O6. The lowest BCUT2D eigenvalue weighted by atomic mass is 9.80. The minimum absolute atomic E-state index is 0.00655. The third-order valence-electron chi connectivity index (χ3n) is 6.46. The molecule has 1 aliphatic rings. The van der Waals surface area contributed by atoms with Crippen molar-refractivity contribution >= 4 is 34.5 Å². The van der Waals surface area contributed by atoms with E-state index in [1.165, 1.54) is 25.3 Å². The number of carbonyl (C=O) groups is 2. The van der Waals surface area contributed by atoms with E-state index in [2.05, 4.69) is 23.5 Å². The van der Waals surface area contributed by atoms with E-state index in [1.807, 2.05) is 36.4 Å². The van der Waals surface area contributed by atoms with Gasteiger partial charge in [0.25, 0.3) is 5.69 Å². The predicted molar refractivity (Wildman–Crippen MR) is 149 cm³/mol. The van der Waals surface area contributed by atoms with Crippen LogP contribution in [0.2, 0.25) is 0 Å². The number of dihydropyridines is 1. The molecule has 1 atom stereocenters. The number of hydrogen-bond acceptors (Lipinski definition) is 7. The number of carbonyl (C=O) groups excluding carboxylic acids is 2. The van der Waals surface area contributed by atoms with Crippen LogP contribution in [-0.4, -0.2) is 30.6 Å². The number of hydrogen-bond donors (Lipinski definition) is 1. The Hall–Kier alpha value is -4.98. The quantitative estimate of drug-likeness (QED) is 0.167. The number of methoxy groups -OCH3 is 1. The van der Waals surface area contributed by atoms with Gasteiger partial charge in [0.1, 0.15) is 6.61 Å². The largest absolute Gasteiger partial charge is 0.466 e. The number of fused-ring (bicyclic) bond motifs is 1. The lowest BCUT2D eigenvalue weighted by Crippen LogP contribution is -2.32. The number of non-ortho nitro benzene ring substituents is 1. The zero-order valence-electron chi connectivity index (χ0n) is 21.8. The monoisotopic (exact) mass is 524 g/mol. The van der Waals surface area contributed by atoms with E-state index in [-0.39, 0.29) is 23.4 Å². The van der Waals surface area contributed by atoms with Crippen molar-refractivity contribution in [2.75, 3.05) is 13.7 Å².